The summed E-state index contributed by atoms with van der Waals surface area (Å²) in [5.41, 5.74) is 3.37. The Balaban J connectivity index is 1.92. The zero-order valence-corrected chi connectivity index (χ0v) is 11.8. The fourth-order valence-corrected chi connectivity index (χ4v) is 2.51. The number of carbonyl (C=O) groups is 2. The van der Waals surface area contributed by atoms with Gasteiger partial charge in [0.15, 0.2) is 0 Å². The number of benzene rings is 2. The second kappa shape index (κ2) is 5.40. The van der Waals surface area contributed by atoms with Crippen molar-refractivity contribution in [1.82, 2.24) is 4.90 Å². The molecule has 1 aliphatic heterocycles. The Morgan fingerprint density at radius 3 is 2.71 bits per heavy atom. The number of fused-ring (bicyclic) bond motifs is 1. The molecule has 2 aromatic rings. The SMILES string of the molecule is Cc1cccc(C(=O)N2CC(=O)Nc3ccccc3C2)c1. The molecule has 3 rings (SSSR count). The third kappa shape index (κ3) is 2.79. The average Bonchev–Trinajstić information content (AvgIpc) is 2.64. The number of aryl methyl sites for hydroxylation is 1. The van der Waals surface area contributed by atoms with Crippen molar-refractivity contribution in [3.05, 3.63) is 65.2 Å². The number of hydrogen-bond acceptors (Lipinski definition) is 2. The maximum absolute atomic E-state index is 12.6. The van der Waals surface area contributed by atoms with Crippen molar-refractivity contribution in [3.63, 3.8) is 0 Å². The topological polar surface area (TPSA) is 49.4 Å². The van der Waals surface area contributed by atoms with Gasteiger partial charge in [-0.25, -0.2) is 0 Å². The number of nitrogens with zero attached hydrogens (tertiary/aromatic N) is 1. The third-order valence-electron chi connectivity index (χ3n) is 3.54. The summed E-state index contributed by atoms with van der Waals surface area (Å²) in [6.07, 6.45) is 0. The second-order valence-corrected chi connectivity index (χ2v) is 5.24. The zero-order valence-electron chi connectivity index (χ0n) is 11.8. The van der Waals surface area contributed by atoms with Gasteiger partial charge < -0.3 is 10.2 Å². The molecular formula is C17H16N2O2. The zero-order chi connectivity index (χ0) is 14.8. The van der Waals surface area contributed by atoms with Crippen LogP contribution in [0.2, 0.25) is 0 Å². The molecule has 0 aromatic heterocycles. The van der Waals surface area contributed by atoms with Crippen LogP contribution < -0.4 is 5.32 Å². The fraction of sp³-hybridized carbons (Fsp3) is 0.176. The van der Waals surface area contributed by atoms with E-state index >= 15 is 0 Å². The number of para-hydroxylation sites is 1. The predicted octanol–water partition coefficient (Wildman–Crippen LogP) is 2.59. The van der Waals surface area contributed by atoms with Gasteiger partial charge in [-0.2, -0.15) is 0 Å². The van der Waals surface area contributed by atoms with Crippen molar-refractivity contribution in [2.24, 2.45) is 0 Å². The van der Waals surface area contributed by atoms with Crippen LogP contribution in [0.25, 0.3) is 0 Å². The van der Waals surface area contributed by atoms with Crippen molar-refractivity contribution in [3.8, 4) is 0 Å². The largest absolute Gasteiger partial charge is 0.325 e. The highest BCUT2D eigenvalue weighted by Crippen LogP contribution is 2.21. The van der Waals surface area contributed by atoms with E-state index in [1.807, 2.05) is 49.4 Å². The normalized spacial score (nSPS) is 14.1. The summed E-state index contributed by atoms with van der Waals surface area (Å²) in [6, 6.07) is 15.0. The second-order valence-electron chi connectivity index (χ2n) is 5.24. The molecule has 0 radical (unpaired) electrons. The minimum Gasteiger partial charge on any atom is -0.325 e. The predicted molar refractivity (Wildman–Crippen MR) is 81.0 cm³/mol. The van der Waals surface area contributed by atoms with Gasteiger partial charge in [0, 0.05) is 17.8 Å². The van der Waals surface area contributed by atoms with Crippen LogP contribution in [0.4, 0.5) is 5.69 Å². The lowest BCUT2D eigenvalue weighted by molar-refractivity contribution is -0.116. The molecular weight excluding hydrogens is 264 g/mol. The smallest absolute Gasteiger partial charge is 0.254 e. The molecule has 1 heterocycles. The highest BCUT2D eigenvalue weighted by Gasteiger charge is 2.23. The lowest BCUT2D eigenvalue weighted by atomic mass is 10.1. The van der Waals surface area contributed by atoms with E-state index < -0.39 is 0 Å². The molecule has 0 saturated carbocycles. The van der Waals surface area contributed by atoms with Crippen LogP contribution in [0, 0.1) is 6.92 Å². The van der Waals surface area contributed by atoms with E-state index in [1.54, 1.807) is 11.0 Å². The molecule has 2 amide bonds. The average molecular weight is 280 g/mol. The Bertz CT molecular complexity index is 709. The molecule has 0 unspecified atom stereocenters. The van der Waals surface area contributed by atoms with Gasteiger partial charge in [0.05, 0.1) is 0 Å². The molecule has 0 atom stereocenters. The maximum Gasteiger partial charge on any atom is 0.254 e. The van der Waals surface area contributed by atoms with Crippen molar-refractivity contribution >= 4 is 17.5 Å². The molecule has 0 saturated heterocycles. The summed E-state index contributed by atoms with van der Waals surface area (Å²) in [6.45, 7) is 2.45. The summed E-state index contributed by atoms with van der Waals surface area (Å²) in [4.78, 5) is 26.1. The number of amides is 2. The highest BCUT2D eigenvalue weighted by molar-refractivity contribution is 6.00. The number of carbonyl (C=O) groups excluding carboxylic acids is 2. The van der Waals surface area contributed by atoms with E-state index in [9.17, 15) is 9.59 Å². The first-order valence-electron chi connectivity index (χ1n) is 6.87. The summed E-state index contributed by atoms with van der Waals surface area (Å²) < 4.78 is 0. The molecule has 1 aliphatic rings. The lowest BCUT2D eigenvalue weighted by Gasteiger charge is -2.19. The quantitative estimate of drug-likeness (QED) is 0.873. The molecule has 1 N–H and O–H groups in total. The Labute approximate surface area is 123 Å². The van der Waals surface area contributed by atoms with Gasteiger partial charge in [0.2, 0.25) is 5.91 Å². The maximum atomic E-state index is 12.6. The van der Waals surface area contributed by atoms with Crippen molar-refractivity contribution < 1.29 is 9.59 Å². The standard InChI is InChI=1S/C17H16N2O2/c1-12-5-4-7-13(9-12)17(21)19-10-14-6-2-3-8-15(14)18-16(20)11-19/h2-9H,10-11H2,1H3,(H,18,20). The monoisotopic (exact) mass is 280 g/mol. The molecule has 0 bridgehead atoms. The van der Waals surface area contributed by atoms with Gasteiger partial charge in [0.25, 0.3) is 5.91 Å². The fourth-order valence-electron chi connectivity index (χ4n) is 2.51. The first kappa shape index (κ1) is 13.4. The third-order valence-corrected chi connectivity index (χ3v) is 3.54. The summed E-state index contributed by atoms with van der Waals surface area (Å²) in [7, 11) is 0. The minimum atomic E-state index is -0.166. The van der Waals surface area contributed by atoms with Gasteiger partial charge in [-0.1, -0.05) is 35.9 Å². The van der Waals surface area contributed by atoms with Crippen LogP contribution >= 0.6 is 0 Å². The van der Waals surface area contributed by atoms with Gasteiger partial charge >= 0.3 is 0 Å². The molecule has 0 aliphatic carbocycles. The number of nitrogens with one attached hydrogen (secondary N) is 1. The minimum absolute atomic E-state index is 0.0709. The van der Waals surface area contributed by atoms with E-state index in [0.29, 0.717) is 12.1 Å². The van der Waals surface area contributed by atoms with Crippen LogP contribution in [0.3, 0.4) is 0 Å². The molecule has 106 valence electrons. The van der Waals surface area contributed by atoms with Gasteiger partial charge in [0.1, 0.15) is 6.54 Å². The molecule has 21 heavy (non-hydrogen) atoms. The summed E-state index contributed by atoms with van der Waals surface area (Å²) >= 11 is 0. The summed E-state index contributed by atoms with van der Waals surface area (Å²) in [5.74, 6) is -0.286. The van der Waals surface area contributed by atoms with E-state index in [4.69, 9.17) is 0 Å². The van der Waals surface area contributed by atoms with Crippen LogP contribution in [0.1, 0.15) is 21.5 Å². The van der Waals surface area contributed by atoms with Crippen LogP contribution in [-0.2, 0) is 11.3 Å². The van der Waals surface area contributed by atoms with Crippen LogP contribution in [0.5, 0.6) is 0 Å². The van der Waals surface area contributed by atoms with Gasteiger partial charge in [-0.05, 0) is 30.7 Å². The lowest BCUT2D eigenvalue weighted by Crippen LogP contribution is -2.35. The van der Waals surface area contributed by atoms with Crippen molar-refractivity contribution in [2.75, 3.05) is 11.9 Å². The molecule has 0 spiro atoms. The first-order chi connectivity index (χ1) is 10.1. The Hall–Kier alpha value is -2.62. The Morgan fingerprint density at radius 2 is 1.90 bits per heavy atom. The van der Waals surface area contributed by atoms with E-state index in [1.165, 1.54) is 0 Å². The number of anilines is 1. The van der Waals surface area contributed by atoms with Gasteiger partial charge in [-0.15, -0.1) is 0 Å². The summed E-state index contributed by atoms with van der Waals surface area (Å²) in [5, 5.41) is 2.84. The molecule has 4 nitrogen and oxygen atoms in total. The number of rotatable bonds is 1. The number of hydrogen-bond donors (Lipinski definition) is 1. The van der Waals surface area contributed by atoms with Crippen LogP contribution in [0.15, 0.2) is 48.5 Å². The first-order valence-corrected chi connectivity index (χ1v) is 6.87. The molecule has 0 fully saturated rings. The Kier molecular flexibility index (Phi) is 3.44. The van der Waals surface area contributed by atoms with E-state index in [-0.39, 0.29) is 18.4 Å². The van der Waals surface area contributed by atoms with E-state index in [0.717, 1.165) is 16.8 Å². The van der Waals surface area contributed by atoms with Crippen molar-refractivity contribution in [2.45, 2.75) is 13.5 Å². The van der Waals surface area contributed by atoms with Crippen LogP contribution in [-0.4, -0.2) is 23.3 Å². The Morgan fingerprint density at radius 1 is 1.10 bits per heavy atom. The molecule has 4 heteroatoms. The molecule has 2 aromatic carbocycles. The van der Waals surface area contributed by atoms with Crippen molar-refractivity contribution in [1.29, 1.82) is 0 Å². The van der Waals surface area contributed by atoms with Gasteiger partial charge in [-0.3, -0.25) is 9.59 Å². The van der Waals surface area contributed by atoms with E-state index in [2.05, 4.69) is 5.32 Å². The highest BCUT2D eigenvalue weighted by atomic mass is 16.2.